The highest BCUT2D eigenvalue weighted by atomic mass is 35.5. The summed E-state index contributed by atoms with van der Waals surface area (Å²) in [6, 6.07) is 5.48. The molecule has 112 valence electrons. The minimum atomic E-state index is -1.76. The Hall–Kier alpha value is -1.23. The van der Waals surface area contributed by atoms with Crippen molar-refractivity contribution in [1.82, 2.24) is 0 Å². The number of halogens is 5. The first-order valence-electron chi connectivity index (χ1n) is 6.02. The summed E-state index contributed by atoms with van der Waals surface area (Å²) in [7, 11) is 0. The summed E-state index contributed by atoms with van der Waals surface area (Å²) in [5.41, 5.74) is -2.05. The van der Waals surface area contributed by atoms with Crippen molar-refractivity contribution in [2.24, 2.45) is 0 Å². The van der Waals surface area contributed by atoms with Crippen molar-refractivity contribution in [1.29, 1.82) is 0 Å². The van der Waals surface area contributed by atoms with E-state index in [-0.39, 0.29) is 21.2 Å². The van der Waals surface area contributed by atoms with Crippen LogP contribution in [-0.2, 0) is 12.0 Å². The second-order valence-corrected chi connectivity index (χ2v) is 5.71. The third-order valence-electron chi connectivity index (χ3n) is 3.17. The first kappa shape index (κ1) is 16.1. The molecule has 0 aliphatic heterocycles. The third-order valence-corrected chi connectivity index (χ3v) is 3.78. The molecule has 0 saturated carbocycles. The fourth-order valence-electron chi connectivity index (χ4n) is 2.08. The molecule has 1 unspecified atom stereocenters. The van der Waals surface area contributed by atoms with Crippen LogP contribution in [-0.4, -0.2) is 5.11 Å². The van der Waals surface area contributed by atoms with Crippen molar-refractivity contribution in [2.45, 2.75) is 18.9 Å². The van der Waals surface area contributed by atoms with E-state index >= 15 is 0 Å². The largest absolute Gasteiger partial charge is 0.385 e. The fourth-order valence-corrected chi connectivity index (χ4v) is 2.66. The van der Waals surface area contributed by atoms with Crippen LogP contribution >= 0.6 is 23.2 Å². The highest BCUT2D eigenvalue weighted by Gasteiger charge is 2.30. The molecule has 0 fully saturated rings. The van der Waals surface area contributed by atoms with Gasteiger partial charge in [0.25, 0.3) is 0 Å². The van der Waals surface area contributed by atoms with E-state index in [4.69, 9.17) is 23.2 Å². The van der Waals surface area contributed by atoms with Crippen LogP contribution in [0.4, 0.5) is 13.2 Å². The summed E-state index contributed by atoms with van der Waals surface area (Å²) in [5, 5.41) is 10.3. The van der Waals surface area contributed by atoms with E-state index in [0.717, 1.165) is 24.3 Å². The average molecular weight is 335 g/mol. The van der Waals surface area contributed by atoms with Crippen LogP contribution in [0, 0.1) is 17.5 Å². The van der Waals surface area contributed by atoms with E-state index in [0.29, 0.717) is 0 Å². The van der Waals surface area contributed by atoms with E-state index in [2.05, 4.69) is 0 Å². The minimum Gasteiger partial charge on any atom is -0.385 e. The molecule has 2 aromatic rings. The van der Waals surface area contributed by atoms with Crippen LogP contribution in [0.25, 0.3) is 0 Å². The molecule has 2 rings (SSSR count). The van der Waals surface area contributed by atoms with Gasteiger partial charge in [0, 0.05) is 22.6 Å². The predicted octanol–water partition coefficient (Wildman–Crippen LogP) is 4.86. The fraction of sp³-hybridized carbons (Fsp3) is 0.200. The van der Waals surface area contributed by atoms with Crippen molar-refractivity contribution >= 4 is 23.2 Å². The Labute approximate surface area is 129 Å². The van der Waals surface area contributed by atoms with Crippen LogP contribution in [0.5, 0.6) is 0 Å². The summed E-state index contributed by atoms with van der Waals surface area (Å²) in [6.45, 7) is 1.30. The third kappa shape index (κ3) is 3.34. The molecule has 2 aromatic carbocycles. The van der Waals surface area contributed by atoms with Crippen molar-refractivity contribution in [3.05, 3.63) is 69.0 Å². The van der Waals surface area contributed by atoms with Gasteiger partial charge in [0.1, 0.15) is 17.5 Å². The Morgan fingerprint density at radius 1 is 1.00 bits per heavy atom. The lowest BCUT2D eigenvalue weighted by atomic mass is 9.88. The van der Waals surface area contributed by atoms with Gasteiger partial charge in [-0.25, -0.2) is 13.2 Å². The van der Waals surface area contributed by atoms with Crippen molar-refractivity contribution < 1.29 is 18.3 Å². The Morgan fingerprint density at radius 3 is 2.14 bits per heavy atom. The standard InChI is InChI=1S/C15H11Cl2F3O/c1-15(21,7-8-12(18)3-2-4-13(8)19)9-5-14(20)11(17)6-10(9)16/h2-6,21H,7H2,1H3. The zero-order valence-electron chi connectivity index (χ0n) is 10.9. The van der Waals surface area contributed by atoms with Crippen molar-refractivity contribution in [2.75, 3.05) is 0 Å². The maximum absolute atomic E-state index is 13.7. The molecule has 0 bridgehead atoms. The molecule has 6 heteroatoms. The number of hydrogen-bond acceptors (Lipinski definition) is 1. The Balaban J connectivity index is 2.45. The van der Waals surface area contributed by atoms with Crippen LogP contribution in [0.3, 0.4) is 0 Å². The first-order chi connectivity index (χ1) is 9.72. The molecule has 0 aliphatic rings. The van der Waals surface area contributed by atoms with Crippen LogP contribution in [0.1, 0.15) is 18.1 Å². The minimum absolute atomic E-state index is 0.00807. The number of aliphatic hydroxyl groups is 1. The van der Waals surface area contributed by atoms with Gasteiger partial charge in [-0.05, 0) is 31.2 Å². The summed E-state index contributed by atoms with van der Waals surface area (Å²) in [5.74, 6) is -2.35. The zero-order valence-corrected chi connectivity index (χ0v) is 12.4. The van der Waals surface area contributed by atoms with Crippen molar-refractivity contribution in [3.63, 3.8) is 0 Å². The second kappa shape index (κ2) is 5.87. The second-order valence-electron chi connectivity index (χ2n) is 4.90. The molecule has 1 N–H and O–H groups in total. The van der Waals surface area contributed by atoms with E-state index in [9.17, 15) is 18.3 Å². The number of benzene rings is 2. The summed E-state index contributed by atoms with van der Waals surface area (Å²) in [4.78, 5) is 0. The smallest absolute Gasteiger partial charge is 0.142 e. The van der Waals surface area contributed by atoms with Gasteiger partial charge in [0.15, 0.2) is 0 Å². The number of hydrogen-bond donors (Lipinski definition) is 1. The monoisotopic (exact) mass is 334 g/mol. The van der Waals surface area contributed by atoms with Gasteiger partial charge < -0.3 is 5.11 Å². The van der Waals surface area contributed by atoms with Gasteiger partial charge in [-0.3, -0.25) is 0 Å². The summed E-state index contributed by atoms with van der Waals surface area (Å²) < 4.78 is 40.9. The highest BCUT2D eigenvalue weighted by molar-refractivity contribution is 6.35. The molecule has 0 aromatic heterocycles. The van der Waals surface area contributed by atoms with Gasteiger partial charge in [-0.1, -0.05) is 29.3 Å². The van der Waals surface area contributed by atoms with Gasteiger partial charge >= 0.3 is 0 Å². The van der Waals surface area contributed by atoms with Crippen LogP contribution in [0.2, 0.25) is 10.0 Å². The first-order valence-corrected chi connectivity index (χ1v) is 6.78. The highest BCUT2D eigenvalue weighted by Crippen LogP contribution is 2.35. The molecule has 0 spiro atoms. The normalized spacial score (nSPS) is 14.0. The van der Waals surface area contributed by atoms with Gasteiger partial charge in [0.05, 0.1) is 10.6 Å². The maximum Gasteiger partial charge on any atom is 0.142 e. The Kier molecular flexibility index (Phi) is 4.51. The molecule has 0 aliphatic carbocycles. The van der Waals surface area contributed by atoms with Crippen LogP contribution < -0.4 is 0 Å². The van der Waals surface area contributed by atoms with E-state index < -0.39 is 29.5 Å². The van der Waals surface area contributed by atoms with E-state index in [1.54, 1.807) is 0 Å². The Bertz CT molecular complexity index is 667. The lowest BCUT2D eigenvalue weighted by molar-refractivity contribution is 0.0555. The zero-order chi connectivity index (χ0) is 15.8. The van der Waals surface area contributed by atoms with E-state index in [1.165, 1.54) is 13.0 Å². The molecule has 0 heterocycles. The van der Waals surface area contributed by atoms with Gasteiger partial charge in [-0.2, -0.15) is 0 Å². The molecule has 0 amide bonds. The predicted molar refractivity (Wildman–Crippen MR) is 76.1 cm³/mol. The van der Waals surface area contributed by atoms with Gasteiger partial charge in [-0.15, -0.1) is 0 Å². The van der Waals surface area contributed by atoms with E-state index in [1.807, 2.05) is 0 Å². The SMILES string of the molecule is CC(O)(Cc1c(F)cccc1F)c1cc(F)c(Cl)cc1Cl. The van der Waals surface area contributed by atoms with Gasteiger partial charge in [0.2, 0.25) is 0 Å². The molecule has 21 heavy (non-hydrogen) atoms. The molecular weight excluding hydrogens is 324 g/mol. The molecular formula is C15H11Cl2F3O. The quantitative estimate of drug-likeness (QED) is 0.794. The summed E-state index contributed by atoms with van der Waals surface area (Å²) >= 11 is 11.5. The average Bonchev–Trinajstić information content (AvgIpc) is 2.38. The molecule has 0 saturated heterocycles. The number of rotatable bonds is 3. The molecule has 0 radical (unpaired) electrons. The summed E-state index contributed by atoms with van der Waals surface area (Å²) in [6.07, 6.45) is -0.397. The molecule has 1 atom stereocenters. The van der Waals surface area contributed by atoms with Crippen LogP contribution in [0.15, 0.2) is 30.3 Å². The topological polar surface area (TPSA) is 20.2 Å². The van der Waals surface area contributed by atoms with Crippen molar-refractivity contribution in [3.8, 4) is 0 Å². The lowest BCUT2D eigenvalue weighted by Gasteiger charge is -2.25. The lowest BCUT2D eigenvalue weighted by Crippen LogP contribution is -2.26. The maximum atomic E-state index is 13.7. The molecule has 1 nitrogen and oxygen atoms in total. The Morgan fingerprint density at radius 2 is 1.57 bits per heavy atom.